The first-order valence-electron chi connectivity index (χ1n) is 8.87. The highest BCUT2D eigenvalue weighted by molar-refractivity contribution is 6.32. The number of hydrogen-bond donors (Lipinski definition) is 1. The van der Waals surface area contributed by atoms with E-state index in [9.17, 15) is 4.79 Å². The van der Waals surface area contributed by atoms with Gasteiger partial charge in [-0.1, -0.05) is 46.9 Å². The molecule has 0 heterocycles. The molecule has 0 aromatic heterocycles. The summed E-state index contributed by atoms with van der Waals surface area (Å²) in [6.07, 6.45) is 1.48. The first kappa shape index (κ1) is 22.0. The van der Waals surface area contributed by atoms with E-state index >= 15 is 0 Å². The molecule has 0 saturated heterocycles. The normalized spacial score (nSPS) is 10.8. The Morgan fingerprint density at radius 2 is 1.57 bits per heavy atom. The van der Waals surface area contributed by atoms with Crippen molar-refractivity contribution in [2.45, 2.75) is 6.61 Å². The molecule has 0 saturated carbocycles. The topological polar surface area (TPSA) is 59.9 Å². The van der Waals surface area contributed by atoms with Crippen molar-refractivity contribution in [2.75, 3.05) is 6.61 Å². The van der Waals surface area contributed by atoms with Gasteiger partial charge in [0, 0.05) is 10.0 Å². The maximum absolute atomic E-state index is 11.8. The third-order valence-electron chi connectivity index (χ3n) is 3.85. The van der Waals surface area contributed by atoms with Gasteiger partial charge in [0.15, 0.2) is 6.61 Å². The lowest BCUT2D eigenvalue weighted by molar-refractivity contribution is -0.123. The number of hydrogen-bond acceptors (Lipinski definition) is 4. The average Bonchev–Trinajstić information content (AvgIpc) is 2.74. The van der Waals surface area contributed by atoms with Crippen LogP contribution in [0.4, 0.5) is 0 Å². The van der Waals surface area contributed by atoms with Gasteiger partial charge in [-0.25, -0.2) is 5.43 Å². The first-order valence-corrected chi connectivity index (χ1v) is 10.00. The molecule has 3 aromatic rings. The third kappa shape index (κ3) is 6.95. The summed E-state index contributed by atoms with van der Waals surface area (Å²) in [5.74, 6) is 0.693. The Kier molecular flexibility index (Phi) is 7.97. The molecule has 0 aliphatic rings. The van der Waals surface area contributed by atoms with E-state index in [2.05, 4.69) is 10.5 Å². The molecule has 0 bridgehead atoms. The van der Waals surface area contributed by atoms with E-state index in [1.54, 1.807) is 54.6 Å². The van der Waals surface area contributed by atoms with Crippen LogP contribution in [0, 0.1) is 0 Å². The summed E-state index contributed by atoms with van der Waals surface area (Å²) in [5, 5.41) is 5.60. The Hall–Kier alpha value is -2.73. The van der Waals surface area contributed by atoms with Crippen LogP contribution in [0.15, 0.2) is 71.8 Å². The molecular weight excluding hydrogens is 447 g/mol. The van der Waals surface area contributed by atoms with Crippen molar-refractivity contribution in [2.24, 2.45) is 5.10 Å². The summed E-state index contributed by atoms with van der Waals surface area (Å²) in [6.45, 7) is 0.200. The van der Waals surface area contributed by atoms with E-state index in [1.165, 1.54) is 6.21 Å². The van der Waals surface area contributed by atoms with Gasteiger partial charge in [-0.3, -0.25) is 4.79 Å². The largest absolute Gasteiger partial charge is 0.487 e. The number of nitrogens with one attached hydrogen (secondary N) is 1. The maximum atomic E-state index is 11.8. The molecule has 0 spiro atoms. The molecule has 1 amide bonds. The van der Waals surface area contributed by atoms with Crippen LogP contribution in [0.5, 0.6) is 11.5 Å². The Morgan fingerprint density at radius 1 is 0.900 bits per heavy atom. The van der Waals surface area contributed by atoms with Crippen LogP contribution >= 0.6 is 34.8 Å². The number of rotatable bonds is 8. The molecule has 1 N–H and O–H groups in total. The van der Waals surface area contributed by atoms with E-state index < -0.39 is 5.91 Å². The maximum Gasteiger partial charge on any atom is 0.277 e. The van der Waals surface area contributed by atoms with Crippen molar-refractivity contribution in [1.82, 2.24) is 5.43 Å². The number of nitrogens with zero attached hydrogens (tertiary/aromatic N) is 1. The van der Waals surface area contributed by atoms with E-state index in [4.69, 9.17) is 44.3 Å². The van der Waals surface area contributed by atoms with Gasteiger partial charge in [0.05, 0.1) is 11.2 Å². The molecule has 0 fully saturated rings. The zero-order valence-electron chi connectivity index (χ0n) is 15.6. The summed E-state index contributed by atoms with van der Waals surface area (Å²) in [4.78, 5) is 11.8. The van der Waals surface area contributed by atoms with Crippen LogP contribution in [0.3, 0.4) is 0 Å². The summed E-state index contributed by atoms with van der Waals surface area (Å²) >= 11 is 17.9. The standard InChI is InChI=1S/C22H17Cl3N2O3/c23-17-4-1-15(2-5-17)13-30-21-10-3-16(11-20(21)25)12-26-27-22(28)14-29-19-8-6-18(24)7-9-19/h1-12H,13-14H2,(H,27,28)/b26-12-. The zero-order valence-corrected chi connectivity index (χ0v) is 17.9. The summed E-state index contributed by atoms with van der Waals surface area (Å²) < 4.78 is 11.1. The second kappa shape index (κ2) is 10.9. The molecule has 0 aliphatic heterocycles. The van der Waals surface area contributed by atoms with Crippen LogP contribution < -0.4 is 14.9 Å². The zero-order chi connectivity index (χ0) is 21.3. The Morgan fingerprint density at radius 3 is 2.23 bits per heavy atom. The molecule has 0 atom stereocenters. The van der Waals surface area contributed by atoms with Gasteiger partial charge >= 0.3 is 0 Å². The highest BCUT2D eigenvalue weighted by Gasteiger charge is 2.04. The first-order chi connectivity index (χ1) is 14.5. The molecular formula is C22H17Cl3N2O3. The smallest absolute Gasteiger partial charge is 0.277 e. The second-order valence-corrected chi connectivity index (χ2v) is 7.42. The van der Waals surface area contributed by atoms with Gasteiger partial charge < -0.3 is 9.47 Å². The SMILES string of the molecule is O=C(COc1ccc(Cl)cc1)N/N=C\c1ccc(OCc2ccc(Cl)cc2)c(Cl)c1. The number of ether oxygens (including phenoxy) is 2. The summed E-state index contributed by atoms with van der Waals surface area (Å²) in [6, 6.07) is 19.3. The molecule has 0 radical (unpaired) electrons. The average molecular weight is 464 g/mol. The number of hydrazone groups is 1. The minimum Gasteiger partial charge on any atom is -0.487 e. The fourth-order valence-electron chi connectivity index (χ4n) is 2.35. The van der Waals surface area contributed by atoms with Gasteiger partial charge in [-0.05, 0) is 65.7 Å². The van der Waals surface area contributed by atoms with Gasteiger partial charge in [0.1, 0.15) is 18.1 Å². The van der Waals surface area contributed by atoms with Gasteiger partial charge in [0.2, 0.25) is 0 Å². The lowest BCUT2D eigenvalue weighted by Gasteiger charge is -2.09. The molecule has 154 valence electrons. The quantitative estimate of drug-likeness (QED) is 0.341. The predicted molar refractivity (Wildman–Crippen MR) is 120 cm³/mol. The van der Waals surface area contributed by atoms with Crippen molar-refractivity contribution in [3.63, 3.8) is 0 Å². The number of carbonyl (C=O) groups is 1. The van der Waals surface area contributed by atoms with Gasteiger partial charge in [0.25, 0.3) is 5.91 Å². The van der Waals surface area contributed by atoms with Crippen LogP contribution in [0.1, 0.15) is 11.1 Å². The minimum absolute atomic E-state index is 0.169. The molecule has 3 aromatic carbocycles. The van der Waals surface area contributed by atoms with E-state index in [1.807, 2.05) is 12.1 Å². The fourth-order valence-corrected chi connectivity index (χ4v) is 2.84. The molecule has 0 unspecified atom stereocenters. The monoisotopic (exact) mass is 462 g/mol. The van der Waals surface area contributed by atoms with Crippen LogP contribution in [-0.2, 0) is 11.4 Å². The Bertz CT molecular complexity index is 1020. The molecule has 30 heavy (non-hydrogen) atoms. The minimum atomic E-state index is -0.393. The van der Waals surface area contributed by atoms with Gasteiger partial charge in [-0.15, -0.1) is 0 Å². The lowest BCUT2D eigenvalue weighted by atomic mass is 10.2. The van der Waals surface area contributed by atoms with E-state index in [0.29, 0.717) is 38.7 Å². The predicted octanol–water partition coefficient (Wildman–Crippen LogP) is 5.75. The number of benzene rings is 3. The molecule has 8 heteroatoms. The number of halogens is 3. The number of carbonyl (C=O) groups excluding carboxylic acids is 1. The van der Waals surface area contributed by atoms with Crippen molar-refractivity contribution >= 4 is 46.9 Å². The van der Waals surface area contributed by atoms with Crippen LogP contribution in [0.2, 0.25) is 15.1 Å². The van der Waals surface area contributed by atoms with Crippen molar-refractivity contribution < 1.29 is 14.3 Å². The van der Waals surface area contributed by atoms with E-state index in [-0.39, 0.29) is 6.61 Å². The Labute approximate surface area is 189 Å². The van der Waals surface area contributed by atoms with Crippen LogP contribution in [0.25, 0.3) is 0 Å². The molecule has 3 rings (SSSR count). The molecule has 0 aliphatic carbocycles. The second-order valence-electron chi connectivity index (χ2n) is 6.14. The van der Waals surface area contributed by atoms with Crippen molar-refractivity contribution in [3.8, 4) is 11.5 Å². The lowest BCUT2D eigenvalue weighted by Crippen LogP contribution is -2.24. The fraction of sp³-hybridized carbons (Fsp3) is 0.0909. The third-order valence-corrected chi connectivity index (χ3v) is 4.65. The highest BCUT2D eigenvalue weighted by atomic mass is 35.5. The van der Waals surface area contributed by atoms with Crippen LogP contribution in [-0.4, -0.2) is 18.7 Å². The Balaban J connectivity index is 1.47. The number of amides is 1. The van der Waals surface area contributed by atoms with E-state index in [0.717, 1.165) is 5.56 Å². The van der Waals surface area contributed by atoms with Crippen molar-refractivity contribution in [3.05, 3.63) is 92.9 Å². The highest BCUT2D eigenvalue weighted by Crippen LogP contribution is 2.26. The van der Waals surface area contributed by atoms with Crippen molar-refractivity contribution in [1.29, 1.82) is 0 Å². The summed E-state index contributed by atoms with van der Waals surface area (Å²) in [7, 11) is 0. The summed E-state index contributed by atoms with van der Waals surface area (Å²) in [5.41, 5.74) is 4.08. The van der Waals surface area contributed by atoms with Gasteiger partial charge in [-0.2, -0.15) is 5.10 Å². The molecule has 5 nitrogen and oxygen atoms in total.